The van der Waals surface area contributed by atoms with Gasteiger partial charge < -0.3 is 10.2 Å². The molecular weight excluding hydrogens is 446 g/mol. The highest BCUT2D eigenvalue weighted by Crippen LogP contribution is 2.31. The lowest BCUT2D eigenvalue weighted by molar-refractivity contribution is 0.262. The number of sulfone groups is 1. The van der Waals surface area contributed by atoms with Crippen LogP contribution in [-0.2, 0) is 16.4 Å². The van der Waals surface area contributed by atoms with Gasteiger partial charge in [0.2, 0.25) is 0 Å². The summed E-state index contributed by atoms with van der Waals surface area (Å²) in [4.78, 5) is 14.9. The first-order valence-corrected chi connectivity index (χ1v) is 13.1. The minimum Gasteiger partial charge on any atom is -0.368 e. The number of aromatic nitrogens is 2. The first-order chi connectivity index (χ1) is 14.3. The Kier molecular flexibility index (Phi) is 7.54. The lowest BCUT2D eigenvalue weighted by atomic mass is 10.2. The second kappa shape index (κ2) is 9.93. The van der Waals surface area contributed by atoms with Gasteiger partial charge in [-0.2, -0.15) is 16.9 Å². The van der Waals surface area contributed by atoms with Crippen molar-refractivity contribution >= 4 is 56.4 Å². The van der Waals surface area contributed by atoms with E-state index in [-0.39, 0.29) is 18.1 Å². The number of hydrogen-bond donors (Lipinski definition) is 2. The van der Waals surface area contributed by atoms with E-state index in [0.717, 1.165) is 35.8 Å². The Hall–Kier alpha value is -1.91. The third-order valence-electron chi connectivity index (χ3n) is 4.81. The Morgan fingerprint density at radius 3 is 2.70 bits per heavy atom. The molecule has 11 heteroatoms. The number of benzene rings is 1. The van der Waals surface area contributed by atoms with E-state index >= 15 is 0 Å². The highest BCUT2D eigenvalue weighted by atomic mass is 35.5. The van der Waals surface area contributed by atoms with Crippen molar-refractivity contribution in [2.75, 3.05) is 51.6 Å². The summed E-state index contributed by atoms with van der Waals surface area (Å²) in [5.74, 6) is 2.57. The number of carbonyl (C=O) groups is 1. The largest absolute Gasteiger partial charge is 0.368 e. The molecule has 3 rings (SSSR count). The van der Waals surface area contributed by atoms with Gasteiger partial charge in [0.25, 0.3) is 0 Å². The number of nitrogens with zero attached hydrogens (tertiary/aromatic N) is 3. The number of aryl methyl sites for hydroxylation is 2. The predicted molar refractivity (Wildman–Crippen MR) is 125 cm³/mol. The first kappa shape index (κ1) is 22.8. The van der Waals surface area contributed by atoms with Gasteiger partial charge in [0.1, 0.15) is 0 Å². The number of amides is 2. The third-order valence-corrected chi connectivity index (χ3v) is 7.67. The van der Waals surface area contributed by atoms with Crippen LogP contribution in [0.4, 0.5) is 22.0 Å². The van der Waals surface area contributed by atoms with E-state index in [0.29, 0.717) is 16.5 Å². The molecule has 8 nitrogen and oxygen atoms in total. The molecule has 2 N–H and O–H groups in total. The molecule has 0 unspecified atom stereocenters. The number of rotatable bonds is 7. The Morgan fingerprint density at radius 1 is 1.27 bits per heavy atom. The molecule has 0 aliphatic carbocycles. The van der Waals surface area contributed by atoms with Gasteiger partial charge in [-0.1, -0.05) is 18.5 Å². The normalized spacial score (nSPS) is 14.6. The van der Waals surface area contributed by atoms with Gasteiger partial charge in [0.15, 0.2) is 15.7 Å². The highest BCUT2D eigenvalue weighted by molar-refractivity contribution is 7.99. The number of hydrogen-bond acceptors (Lipinski definition) is 6. The lowest BCUT2D eigenvalue weighted by Gasteiger charge is -2.30. The van der Waals surface area contributed by atoms with Gasteiger partial charge in [0.05, 0.1) is 23.7 Å². The van der Waals surface area contributed by atoms with Crippen LogP contribution in [0.1, 0.15) is 12.5 Å². The number of urea groups is 1. The van der Waals surface area contributed by atoms with Gasteiger partial charge in [-0.15, -0.1) is 0 Å². The molecule has 0 bridgehead atoms. The minimum absolute atomic E-state index is 0.0102. The van der Waals surface area contributed by atoms with Gasteiger partial charge in [-0.25, -0.2) is 13.2 Å². The van der Waals surface area contributed by atoms with Crippen molar-refractivity contribution in [2.45, 2.75) is 20.4 Å². The van der Waals surface area contributed by atoms with Gasteiger partial charge in [-0.3, -0.25) is 10.00 Å². The highest BCUT2D eigenvalue weighted by Gasteiger charge is 2.18. The number of carbonyl (C=O) groups excluding carboxylic acids is 1. The van der Waals surface area contributed by atoms with Crippen molar-refractivity contribution in [1.29, 1.82) is 0 Å². The molecule has 0 radical (unpaired) electrons. The lowest BCUT2D eigenvalue weighted by Crippen LogP contribution is -2.33. The van der Waals surface area contributed by atoms with E-state index in [1.807, 2.05) is 30.8 Å². The number of halogens is 1. The molecule has 1 aromatic carbocycles. The quantitative estimate of drug-likeness (QED) is 0.641. The maximum atomic E-state index is 12.6. The first-order valence-electron chi connectivity index (χ1n) is 9.72. The minimum atomic E-state index is -3.08. The summed E-state index contributed by atoms with van der Waals surface area (Å²) in [6.07, 6.45) is 1.72. The van der Waals surface area contributed by atoms with E-state index < -0.39 is 15.9 Å². The van der Waals surface area contributed by atoms with Crippen LogP contribution in [0, 0.1) is 6.92 Å². The van der Waals surface area contributed by atoms with Gasteiger partial charge in [-0.05, 0) is 25.1 Å². The zero-order chi connectivity index (χ0) is 21.7. The summed E-state index contributed by atoms with van der Waals surface area (Å²) in [6, 6.07) is 5.04. The molecule has 1 saturated heterocycles. The molecule has 1 fully saturated rings. The van der Waals surface area contributed by atoms with Crippen LogP contribution in [0.15, 0.2) is 24.4 Å². The fourth-order valence-electron chi connectivity index (χ4n) is 3.09. The molecule has 1 aliphatic heterocycles. The van der Waals surface area contributed by atoms with Crippen molar-refractivity contribution in [2.24, 2.45) is 0 Å². The fraction of sp³-hybridized carbons (Fsp3) is 0.474. The standard InChI is InChI=1S/C19H26ClN5O3S2/c1-3-30(27,28)11-8-25-13-14(2)18(23-25)22-19(26)21-16-12-15(20)4-5-17(16)24-6-9-29-10-7-24/h4-5,12-13H,3,6-11H2,1-2H3,(H2,21,22,23,26). The Balaban J connectivity index is 1.68. The van der Waals surface area contributed by atoms with Crippen molar-refractivity contribution in [1.82, 2.24) is 9.78 Å². The van der Waals surface area contributed by atoms with E-state index in [9.17, 15) is 13.2 Å². The fourth-order valence-corrected chi connectivity index (χ4v) is 4.91. The van der Waals surface area contributed by atoms with E-state index in [2.05, 4.69) is 20.6 Å². The summed E-state index contributed by atoms with van der Waals surface area (Å²) in [7, 11) is -3.08. The monoisotopic (exact) mass is 471 g/mol. The molecule has 0 atom stereocenters. The Bertz CT molecular complexity index is 1000. The second-order valence-electron chi connectivity index (χ2n) is 7.00. The van der Waals surface area contributed by atoms with E-state index in [4.69, 9.17) is 11.6 Å². The van der Waals surface area contributed by atoms with Gasteiger partial charge in [0, 0.05) is 47.1 Å². The summed E-state index contributed by atoms with van der Waals surface area (Å²) in [6.45, 7) is 5.49. The molecule has 1 aliphatic rings. The summed E-state index contributed by atoms with van der Waals surface area (Å²) in [5.41, 5.74) is 2.32. The number of nitrogens with one attached hydrogen (secondary N) is 2. The molecule has 2 aromatic rings. The van der Waals surface area contributed by atoms with Crippen molar-refractivity contribution < 1.29 is 13.2 Å². The van der Waals surface area contributed by atoms with Crippen LogP contribution in [0.3, 0.4) is 0 Å². The molecule has 30 heavy (non-hydrogen) atoms. The van der Waals surface area contributed by atoms with Crippen LogP contribution in [0.25, 0.3) is 0 Å². The summed E-state index contributed by atoms with van der Waals surface area (Å²) < 4.78 is 24.9. The topological polar surface area (TPSA) is 96.3 Å². The molecule has 164 valence electrons. The molecular formula is C19H26ClN5O3S2. The third kappa shape index (κ3) is 6.05. The number of thioether (sulfide) groups is 1. The maximum Gasteiger partial charge on any atom is 0.324 e. The molecule has 2 heterocycles. The second-order valence-corrected chi connectivity index (χ2v) is 11.1. The smallest absolute Gasteiger partial charge is 0.324 e. The van der Waals surface area contributed by atoms with Crippen LogP contribution in [-0.4, -0.2) is 60.3 Å². The molecule has 0 saturated carbocycles. The zero-order valence-electron chi connectivity index (χ0n) is 17.0. The van der Waals surface area contributed by atoms with Crippen LogP contribution >= 0.6 is 23.4 Å². The molecule has 0 spiro atoms. The Morgan fingerprint density at radius 2 is 2.00 bits per heavy atom. The van der Waals surface area contributed by atoms with Gasteiger partial charge >= 0.3 is 6.03 Å². The number of anilines is 3. The van der Waals surface area contributed by atoms with E-state index in [1.54, 1.807) is 19.2 Å². The zero-order valence-corrected chi connectivity index (χ0v) is 19.4. The Labute approximate surface area is 186 Å². The average molecular weight is 472 g/mol. The van der Waals surface area contributed by atoms with Crippen LogP contribution in [0.2, 0.25) is 5.02 Å². The van der Waals surface area contributed by atoms with E-state index in [1.165, 1.54) is 4.68 Å². The van der Waals surface area contributed by atoms with Crippen molar-refractivity contribution in [3.05, 3.63) is 35.0 Å². The van der Waals surface area contributed by atoms with Crippen molar-refractivity contribution in [3.63, 3.8) is 0 Å². The van der Waals surface area contributed by atoms with Crippen LogP contribution < -0.4 is 15.5 Å². The summed E-state index contributed by atoms with van der Waals surface area (Å²) in [5, 5.41) is 10.5. The predicted octanol–water partition coefficient (Wildman–Crippen LogP) is 3.48. The summed E-state index contributed by atoms with van der Waals surface area (Å²) >= 11 is 8.07. The SMILES string of the molecule is CCS(=O)(=O)CCn1cc(C)c(NC(=O)Nc2cc(Cl)ccc2N2CCSCC2)n1. The maximum absolute atomic E-state index is 12.6. The average Bonchev–Trinajstić information content (AvgIpc) is 3.06. The molecule has 1 aromatic heterocycles. The van der Waals surface area contributed by atoms with Crippen LogP contribution in [0.5, 0.6) is 0 Å². The van der Waals surface area contributed by atoms with Crippen molar-refractivity contribution in [3.8, 4) is 0 Å². The molecule has 2 amide bonds.